The van der Waals surface area contributed by atoms with Crippen molar-refractivity contribution >= 4 is 10.9 Å². The molecule has 1 aromatic carbocycles. The van der Waals surface area contributed by atoms with Crippen LogP contribution in [0.15, 0.2) is 76.4 Å². The van der Waals surface area contributed by atoms with E-state index < -0.39 is 6.04 Å². The number of hydrogen-bond acceptors (Lipinski definition) is 7. The number of nitrogens with one attached hydrogen (secondary N) is 1. The van der Waals surface area contributed by atoms with Gasteiger partial charge in [-0.1, -0.05) is 37.5 Å². The minimum atomic E-state index is -0.508. The number of aromatic amines is 1. The molecule has 1 aliphatic rings. The van der Waals surface area contributed by atoms with Crippen molar-refractivity contribution in [2.75, 3.05) is 0 Å². The fourth-order valence-corrected chi connectivity index (χ4v) is 5.57. The lowest BCUT2D eigenvalue weighted by molar-refractivity contribution is 0.173. The molecule has 4 aromatic heterocycles. The van der Waals surface area contributed by atoms with Crippen LogP contribution in [0.25, 0.3) is 10.9 Å². The molecule has 6 rings (SSSR count). The van der Waals surface area contributed by atoms with Crippen molar-refractivity contribution in [1.82, 2.24) is 35.1 Å². The summed E-state index contributed by atoms with van der Waals surface area (Å²) in [6.45, 7) is 3.02. The molecule has 38 heavy (non-hydrogen) atoms. The van der Waals surface area contributed by atoms with Gasteiger partial charge in [-0.25, -0.2) is 4.68 Å². The largest absolute Gasteiger partial charge is 0.468 e. The highest BCUT2D eigenvalue weighted by molar-refractivity contribution is 5.79. The highest BCUT2D eigenvalue weighted by atomic mass is 16.3. The van der Waals surface area contributed by atoms with Crippen LogP contribution in [0.3, 0.4) is 0 Å². The van der Waals surface area contributed by atoms with E-state index in [1.165, 1.54) is 6.42 Å². The third-order valence-electron chi connectivity index (χ3n) is 7.42. The van der Waals surface area contributed by atoms with Gasteiger partial charge >= 0.3 is 0 Å². The summed E-state index contributed by atoms with van der Waals surface area (Å²) in [5.74, 6) is 1.47. The van der Waals surface area contributed by atoms with E-state index in [2.05, 4.69) is 36.5 Å². The standard InChI is InChI=1S/C29H31N7O2/c1-20-11-12-22-16-25(29(37)31-26(22)15-20)27(28-32-33-34-36(28)23-8-3-2-4-9-23)35(19-24-10-6-14-38-24)18-21-7-5-13-30-17-21/h5-7,10-17,23,27H,2-4,8-9,18-19H2,1H3,(H,31,37). The van der Waals surface area contributed by atoms with Gasteiger partial charge in [0, 0.05) is 30.0 Å². The van der Waals surface area contributed by atoms with Crippen molar-refractivity contribution in [3.63, 3.8) is 0 Å². The summed E-state index contributed by atoms with van der Waals surface area (Å²) >= 11 is 0. The lowest BCUT2D eigenvalue weighted by atomic mass is 9.95. The van der Waals surface area contributed by atoms with Crippen LogP contribution in [0.1, 0.15) is 72.5 Å². The normalized spacial score (nSPS) is 15.3. The third-order valence-corrected chi connectivity index (χ3v) is 7.42. The predicted molar refractivity (Wildman–Crippen MR) is 143 cm³/mol. The molecule has 9 heteroatoms. The van der Waals surface area contributed by atoms with Crippen molar-refractivity contribution in [3.05, 3.63) is 106 Å². The topological polar surface area (TPSA) is 106 Å². The Morgan fingerprint density at radius 1 is 1.11 bits per heavy atom. The average Bonchev–Trinajstić information content (AvgIpc) is 3.63. The molecular formula is C29H31N7O2. The molecule has 0 radical (unpaired) electrons. The van der Waals surface area contributed by atoms with Gasteiger partial charge in [-0.05, 0) is 77.0 Å². The molecule has 0 spiro atoms. The van der Waals surface area contributed by atoms with Crippen LogP contribution in [-0.4, -0.2) is 35.1 Å². The van der Waals surface area contributed by atoms with Gasteiger partial charge in [0.05, 0.1) is 18.8 Å². The minimum Gasteiger partial charge on any atom is -0.468 e. The maximum absolute atomic E-state index is 13.7. The first-order valence-electron chi connectivity index (χ1n) is 13.2. The van der Waals surface area contributed by atoms with Crippen LogP contribution < -0.4 is 5.56 Å². The SMILES string of the molecule is Cc1ccc2cc(C(c3nnnn3C3CCCCC3)N(Cc3cccnc3)Cc3ccco3)c(=O)[nH]c2c1. The highest BCUT2D eigenvalue weighted by Gasteiger charge is 2.33. The van der Waals surface area contributed by atoms with E-state index in [4.69, 9.17) is 4.42 Å². The number of rotatable bonds is 8. The predicted octanol–water partition coefficient (Wildman–Crippen LogP) is 5.11. The van der Waals surface area contributed by atoms with Gasteiger partial charge in [0.1, 0.15) is 11.8 Å². The smallest absolute Gasteiger partial charge is 0.253 e. The van der Waals surface area contributed by atoms with Gasteiger partial charge in [-0.15, -0.1) is 5.10 Å². The Bertz CT molecular complexity index is 1550. The van der Waals surface area contributed by atoms with Crippen molar-refractivity contribution in [2.45, 2.75) is 64.2 Å². The molecule has 1 aliphatic carbocycles. The Kier molecular flexibility index (Phi) is 6.83. The number of tetrazole rings is 1. The molecule has 0 saturated heterocycles. The summed E-state index contributed by atoms with van der Waals surface area (Å²) in [6.07, 6.45) is 10.9. The Hall–Kier alpha value is -4.11. The summed E-state index contributed by atoms with van der Waals surface area (Å²) in [6, 6.07) is 15.6. The zero-order chi connectivity index (χ0) is 25.9. The number of benzene rings is 1. The van der Waals surface area contributed by atoms with E-state index >= 15 is 0 Å². The van der Waals surface area contributed by atoms with Gasteiger partial charge in [0.2, 0.25) is 0 Å². The first kappa shape index (κ1) is 24.2. The van der Waals surface area contributed by atoms with E-state index in [0.717, 1.165) is 53.5 Å². The van der Waals surface area contributed by atoms with Gasteiger partial charge in [0.15, 0.2) is 5.82 Å². The van der Waals surface area contributed by atoms with E-state index in [-0.39, 0.29) is 11.6 Å². The minimum absolute atomic E-state index is 0.151. The van der Waals surface area contributed by atoms with Crippen molar-refractivity contribution in [3.8, 4) is 0 Å². The zero-order valence-corrected chi connectivity index (χ0v) is 21.5. The lowest BCUT2D eigenvalue weighted by Gasteiger charge is -2.32. The van der Waals surface area contributed by atoms with Crippen LogP contribution in [-0.2, 0) is 13.1 Å². The van der Waals surface area contributed by atoms with E-state index in [1.54, 1.807) is 12.5 Å². The molecule has 4 heterocycles. The summed E-state index contributed by atoms with van der Waals surface area (Å²) in [7, 11) is 0. The van der Waals surface area contributed by atoms with Crippen LogP contribution in [0.5, 0.6) is 0 Å². The summed E-state index contributed by atoms with van der Waals surface area (Å²) in [4.78, 5) is 23.4. The number of nitrogens with zero attached hydrogens (tertiary/aromatic N) is 6. The zero-order valence-electron chi connectivity index (χ0n) is 21.5. The number of H-pyrrole nitrogens is 1. The second-order valence-corrected chi connectivity index (χ2v) is 10.2. The van der Waals surface area contributed by atoms with Gasteiger partial charge in [-0.2, -0.15) is 0 Å². The van der Waals surface area contributed by atoms with Crippen molar-refractivity contribution in [2.24, 2.45) is 0 Å². The van der Waals surface area contributed by atoms with E-state index in [9.17, 15) is 4.79 Å². The first-order chi connectivity index (χ1) is 18.7. The van der Waals surface area contributed by atoms with Crippen LogP contribution in [0.2, 0.25) is 0 Å². The third kappa shape index (κ3) is 5.02. The van der Waals surface area contributed by atoms with E-state index in [1.807, 2.05) is 60.3 Å². The first-order valence-corrected chi connectivity index (χ1v) is 13.2. The van der Waals surface area contributed by atoms with Gasteiger partial charge in [0.25, 0.3) is 5.56 Å². The van der Waals surface area contributed by atoms with Crippen LogP contribution in [0.4, 0.5) is 0 Å². The number of hydrogen-bond donors (Lipinski definition) is 1. The fourth-order valence-electron chi connectivity index (χ4n) is 5.57. The van der Waals surface area contributed by atoms with Crippen molar-refractivity contribution in [1.29, 1.82) is 0 Å². The summed E-state index contributed by atoms with van der Waals surface area (Å²) < 4.78 is 7.72. The van der Waals surface area contributed by atoms with Gasteiger partial charge in [-0.3, -0.25) is 14.7 Å². The molecule has 5 aromatic rings. The molecule has 1 saturated carbocycles. The molecule has 1 unspecified atom stereocenters. The molecule has 1 fully saturated rings. The maximum atomic E-state index is 13.7. The molecule has 1 atom stereocenters. The average molecular weight is 510 g/mol. The maximum Gasteiger partial charge on any atom is 0.253 e. The number of fused-ring (bicyclic) bond motifs is 1. The Morgan fingerprint density at radius 2 is 2.00 bits per heavy atom. The Labute approximate surface area is 220 Å². The van der Waals surface area contributed by atoms with E-state index in [0.29, 0.717) is 24.5 Å². The van der Waals surface area contributed by atoms with Gasteiger partial charge < -0.3 is 9.40 Å². The molecular weight excluding hydrogens is 478 g/mol. The highest BCUT2D eigenvalue weighted by Crippen LogP contribution is 2.34. The molecule has 0 bridgehead atoms. The quantitative estimate of drug-likeness (QED) is 0.310. The second kappa shape index (κ2) is 10.7. The molecule has 194 valence electrons. The monoisotopic (exact) mass is 509 g/mol. The number of aryl methyl sites for hydroxylation is 1. The second-order valence-electron chi connectivity index (χ2n) is 10.2. The number of furan rings is 1. The Morgan fingerprint density at radius 3 is 2.79 bits per heavy atom. The summed E-state index contributed by atoms with van der Waals surface area (Å²) in [5, 5.41) is 14.1. The number of pyridine rings is 2. The summed E-state index contributed by atoms with van der Waals surface area (Å²) in [5.41, 5.74) is 3.38. The lowest BCUT2D eigenvalue weighted by Crippen LogP contribution is -2.35. The van der Waals surface area contributed by atoms with Crippen LogP contribution >= 0.6 is 0 Å². The van der Waals surface area contributed by atoms with Crippen molar-refractivity contribution < 1.29 is 4.42 Å². The fraction of sp³-hybridized carbons (Fsp3) is 0.345. The molecule has 1 N–H and O–H groups in total. The number of aromatic nitrogens is 6. The van der Waals surface area contributed by atoms with Crippen LogP contribution in [0, 0.1) is 6.92 Å². The molecule has 0 amide bonds. The Balaban J connectivity index is 1.52. The molecule has 0 aliphatic heterocycles. The molecule has 9 nitrogen and oxygen atoms in total.